The van der Waals surface area contributed by atoms with Gasteiger partial charge in [-0.3, -0.25) is 9.69 Å². The second kappa shape index (κ2) is 5.96. The predicted molar refractivity (Wildman–Crippen MR) is 86.2 cm³/mol. The Kier molecular flexibility index (Phi) is 4.00. The smallest absolute Gasteiger partial charge is 0.233 e. The van der Waals surface area contributed by atoms with E-state index in [0.29, 0.717) is 30.0 Å². The van der Waals surface area contributed by atoms with Crippen LogP contribution < -0.4 is 4.90 Å². The van der Waals surface area contributed by atoms with E-state index in [0.717, 1.165) is 11.1 Å². The maximum absolute atomic E-state index is 12.1. The summed E-state index contributed by atoms with van der Waals surface area (Å²) in [5, 5.41) is 27.6. The van der Waals surface area contributed by atoms with Crippen LogP contribution in [0.2, 0.25) is 0 Å². The van der Waals surface area contributed by atoms with Crippen LogP contribution in [0.15, 0.2) is 24.3 Å². The topological polar surface area (TPSA) is 86.5 Å². The molecule has 6 heteroatoms. The first-order valence-electron chi connectivity index (χ1n) is 7.58. The van der Waals surface area contributed by atoms with Crippen molar-refractivity contribution in [3.05, 3.63) is 35.4 Å². The first-order chi connectivity index (χ1) is 11.0. The molecule has 1 aromatic heterocycles. The Morgan fingerprint density at radius 1 is 1.26 bits per heavy atom. The summed E-state index contributed by atoms with van der Waals surface area (Å²) in [5.74, 6) is 0.171. The molecule has 3 rings (SSSR count). The van der Waals surface area contributed by atoms with Gasteiger partial charge in [0.15, 0.2) is 5.82 Å². The van der Waals surface area contributed by atoms with Crippen molar-refractivity contribution in [2.75, 3.05) is 18.1 Å². The lowest BCUT2D eigenvalue weighted by atomic mass is 10.0. The number of carbonyl (C=O) groups is 1. The Bertz CT molecular complexity index is 720. The van der Waals surface area contributed by atoms with E-state index in [1.54, 1.807) is 23.1 Å². The zero-order chi connectivity index (χ0) is 16.6. The summed E-state index contributed by atoms with van der Waals surface area (Å²) in [6, 6.07) is 7.13. The minimum Gasteiger partial charge on any atom is -0.507 e. The van der Waals surface area contributed by atoms with Gasteiger partial charge in [-0.15, -0.1) is 10.2 Å². The van der Waals surface area contributed by atoms with Crippen LogP contribution in [0.1, 0.15) is 17.5 Å². The summed E-state index contributed by atoms with van der Waals surface area (Å²) in [4.78, 5) is 13.6. The average molecular weight is 313 g/mol. The molecule has 1 aliphatic heterocycles. The number of rotatable bonds is 3. The number of amides is 1. The number of anilines is 1. The lowest BCUT2D eigenvalue weighted by Crippen LogP contribution is -2.29. The van der Waals surface area contributed by atoms with Gasteiger partial charge in [-0.1, -0.05) is 6.07 Å². The van der Waals surface area contributed by atoms with E-state index >= 15 is 0 Å². The molecule has 1 aliphatic rings. The summed E-state index contributed by atoms with van der Waals surface area (Å²) in [5.41, 5.74) is 3.11. The van der Waals surface area contributed by atoms with Gasteiger partial charge in [0.2, 0.25) is 5.91 Å². The SMILES string of the molecule is Cc1cc(C)c(-c2ccc(N3CC[C@@H](CO)C3=O)nn2)c(O)c1. The van der Waals surface area contributed by atoms with Gasteiger partial charge in [0.25, 0.3) is 0 Å². The molecule has 0 aliphatic carbocycles. The van der Waals surface area contributed by atoms with Crippen LogP contribution in [0.5, 0.6) is 5.75 Å². The van der Waals surface area contributed by atoms with E-state index in [1.807, 2.05) is 19.9 Å². The van der Waals surface area contributed by atoms with Crippen LogP contribution in [0, 0.1) is 19.8 Å². The molecule has 2 heterocycles. The Hall–Kier alpha value is -2.47. The summed E-state index contributed by atoms with van der Waals surface area (Å²) in [7, 11) is 0. The van der Waals surface area contributed by atoms with Crippen molar-refractivity contribution in [1.29, 1.82) is 0 Å². The minimum atomic E-state index is -0.347. The van der Waals surface area contributed by atoms with Gasteiger partial charge >= 0.3 is 0 Å². The molecule has 0 bridgehead atoms. The number of aromatic nitrogens is 2. The van der Waals surface area contributed by atoms with E-state index in [2.05, 4.69) is 10.2 Å². The third-order valence-corrected chi connectivity index (χ3v) is 4.18. The molecule has 1 fully saturated rings. The number of nitrogens with zero attached hydrogens (tertiary/aromatic N) is 3. The molecule has 120 valence electrons. The standard InChI is InChI=1S/C17H19N3O3/c1-10-7-11(2)16(14(22)8-10)13-3-4-15(19-18-13)20-6-5-12(9-21)17(20)23/h3-4,7-8,12,21-22H,5-6,9H2,1-2H3/t12-/m0/s1. The highest BCUT2D eigenvalue weighted by Crippen LogP contribution is 2.32. The number of carbonyl (C=O) groups excluding carboxylic acids is 1. The molecule has 1 saturated heterocycles. The normalized spacial score (nSPS) is 17.8. The van der Waals surface area contributed by atoms with Gasteiger partial charge in [-0.25, -0.2) is 0 Å². The number of aliphatic hydroxyl groups is 1. The molecular weight excluding hydrogens is 294 g/mol. The third-order valence-electron chi connectivity index (χ3n) is 4.18. The number of benzene rings is 1. The lowest BCUT2D eigenvalue weighted by molar-refractivity contribution is -0.121. The molecule has 0 saturated carbocycles. The molecule has 0 radical (unpaired) electrons. The van der Waals surface area contributed by atoms with E-state index in [1.165, 1.54) is 0 Å². The maximum Gasteiger partial charge on any atom is 0.233 e. The maximum atomic E-state index is 12.1. The molecule has 23 heavy (non-hydrogen) atoms. The van der Waals surface area contributed by atoms with Crippen molar-refractivity contribution in [2.24, 2.45) is 5.92 Å². The monoisotopic (exact) mass is 313 g/mol. The number of phenolic OH excluding ortho intramolecular Hbond substituents is 1. The van der Waals surface area contributed by atoms with Crippen molar-refractivity contribution in [3.63, 3.8) is 0 Å². The molecular formula is C17H19N3O3. The van der Waals surface area contributed by atoms with Crippen LogP contribution in [-0.4, -0.2) is 39.5 Å². The number of phenols is 1. The van der Waals surface area contributed by atoms with Gasteiger partial charge in [-0.05, 0) is 49.6 Å². The average Bonchev–Trinajstić information content (AvgIpc) is 2.88. The molecule has 0 spiro atoms. The van der Waals surface area contributed by atoms with Crippen molar-refractivity contribution >= 4 is 11.7 Å². The van der Waals surface area contributed by atoms with Crippen molar-refractivity contribution in [2.45, 2.75) is 20.3 Å². The predicted octanol–water partition coefficient (Wildman–Crippen LogP) is 1.81. The van der Waals surface area contributed by atoms with Crippen LogP contribution in [0.4, 0.5) is 5.82 Å². The molecule has 1 atom stereocenters. The second-order valence-electron chi connectivity index (χ2n) is 5.91. The fraction of sp³-hybridized carbons (Fsp3) is 0.353. The Labute approximate surface area is 134 Å². The summed E-state index contributed by atoms with van der Waals surface area (Å²) in [6.07, 6.45) is 0.622. The Morgan fingerprint density at radius 2 is 2.04 bits per heavy atom. The number of aryl methyl sites for hydroxylation is 2. The third kappa shape index (κ3) is 2.77. The van der Waals surface area contributed by atoms with Crippen molar-refractivity contribution < 1.29 is 15.0 Å². The van der Waals surface area contributed by atoms with Gasteiger partial charge in [0.05, 0.1) is 18.2 Å². The highest BCUT2D eigenvalue weighted by molar-refractivity contribution is 5.96. The van der Waals surface area contributed by atoms with E-state index in [4.69, 9.17) is 5.11 Å². The first-order valence-corrected chi connectivity index (χ1v) is 7.58. The van der Waals surface area contributed by atoms with Crippen molar-refractivity contribution in [3.8, 4) is 17.0 Å². The molecule has 1 amide bonds. The quantitative estimate of drug-likeness (QED) is 0.902. The van der Waals surface area contributed by atoms with Gasteiger partial charge in [0, 0.05) is 12.1 Å². The van der Waals surface area contributed by atoms with Crippen molar-refractivity contribution in [1.82, 2.24) is 10.2 Å². The van der Waals surface area contributed by atoms with Gasteiger partial charge < -0.3 is 10.2 Å². The molecule has 2 aromatic rings. The fourth-order valence-electron chi connectivity index (χ4n) is 3.02. The number of hydrogen-bond donors (Lipinski definition) is 2. The van der Waals surface area contributed by atoms with Crippen LogP contribution >= 0.6 is 0 Å². The Morgan fingerprint density at radius 3 is 2.61 bits per heavy atom. The highest BCUT2D eigenvalue weighted by atomic mass is 16.3. The molecule has 0 unspecified atom stereocenters. The van der Waals surface area contributed by atoms with Crippen LogP contribution in [0.3, 0.4) is 0 Å². The zero-order valence-electron chi connectivity index (χ0n) is 13.2. The fourth-order valence-corrected chi connectivity index (χ4v) is 3.02. The van der Waals surface area contributed by atoms with Crippen LogP contribution in [0.25, 0.3) is 11.3 Å². The zero-order valence-corrected chi connectivity index (χ0v) is 13.2. The lowest BCUT2D eigenvalue weighted by Gasteiger charge is -2.15. The Balaban J connectivity index is 1.90. The van der Waals surface area contributed by atoms with Crippen LogP contribution in [-0.2, 0) is 4.79 Å². The molecule has 6 nitrogen and oxygen atoms in total. The number of aromatic hydroxyl groups is 1. The summed E-state index contributed by atoms with van der Waals surface area (Å²) >= 11 is 0. The molecule has 2 N–H and O–H groups in total. The largest absolute Gasteiger partial charge is 0.507 e. The van der Waals surface area contributed by atoms with E-state index in [9.17, 15) is 9.90 Å². The first kappa shape index (κ1) is 15.4. The van der Waals surface area contributed by atoms with E-state index in [-0.39, 0.29) is 24.2 Å². The van der Waals surface area contributed by atoms with E-state index < -0.39 is 0 Å². The highest BCUT2D eigenvalue weighted by Gasteiger charge is 2.32. The number of aliphatic hydroxyl groups excluding tert-OH is 1. The van der Waals surface area contributed by atoms with Gasteiger partial charge in [-0.2, -0.15) is 0 Å². The summed E-state index contributed by atoms with van der Waals surface area (Å²) in [6.45, 7) is 4.22. The minimum absolute atomic E-state index is 0.121. The van der Waals surface area contributed by atoms with Gasteiger partial charge in [0.1, 0.15) is 5.75 Å². The summed E-state index contributed by atoms with van der Waals surface area (Å²) < 4.78 is 0. The molecule has 1 aromatic carbocycles. The number of hydrogen-bond acceptors (Lipinski definition) is 5. The second-order valence-corrected chi connectivity index (χ2v) is 5.91.